The highest BCUT2D eigenvalue weighted by Gasteiger charge is 2.33. The Hall–Kier alpha value is -2.49. The molecule has 0 aliphatic rings. The number of benzene rings is 1. The molecule has 0 saturated carbocycles. The van der Waals surface area contributed by atoms with Gasteiger partial charge in [0.15, 0.2) is 23.2 Å². The third-order valence-corrected chi connectivity index (χ3v) is 4.62. The average molecular weight is 416 g/mol. The van der Waals surface area contributed by atoms with E-state index in [4.69, 9.17) is 9.47 Å². The zero-order valence-electron chi connectivity index (χ0n) is 15.9. The van der Waals surface area contributed by atoms with Crippen LogP contribution in [0, 0.1) is 0 Å². The molecule has 2 N–H and O–H groups in total. The van der Waals surface area contributed by atoms with Crippen LogP contribution in [0.5, 0.6) is 11.5 Å². The molecule has 0 spiro atoms. The van der Waals surface area contributed by atoms with Crippen molar-refractivity contribution in [1.82, 2.24) is 15.6 Å². The first-order valence-corrected chi connectivity index (χ1v) is 9.50. The minimum absolute atomic E-state index is 0.352. The molecule has 0 saturated heterocycles. The van der Waals surface area contributed by atoms with Crippen LogP contribution < -0.4 is 20.1 Å². The van der Waals surface area contributed by atoms with Crippen molar-refractivity contribution in [1.29, 1.82) is 0 Å². The summed E-state index contributed by atoms with van der Waals surface area (Å²) in [7, 11) is 3.14. The zero-order chi connectivity index (χ0) is 20.6. The second-order valence-corrected chi connectivity index (χ2v) is 6.59. The van der Waals surface area contributed by atoms with Gasteiger partial charge in [0.05, 0.1) is 25.8 Å². The number of aromatic nitrogens is 1. The fourth-order valence-electron chi connectivity index (χ4n) is 2.43. The molecule has 28 heavy (non-hydrogen) atoms. The van der Waals surface area contributed by atoms with Gasteiger partial charge in [-0.25, -0.2) is 9.98 Å². The third-order valence-electron chi connectivity index (χ3n) is 3.71. The lowest BCUT2D eigenvalue weighted by Crippen LogP contribution is -2.38. The normalized spacial score (nSPS) is 12.0. The third kappa shape index (κ3) is 6.01. The molecule has 0 bridgehead atoms. The van der Waals surface area contributed by atoms with Crippen molar-refractivity contribution in [2.45, 2.75) is 26.1 Å². The fourth-order valence-corrected chi connectivity index (χ4v) is 3.23. The van der Waals surface area contributed by atoms with Gasteiger partial charge < -0.3 is 20.1 Å². The number of hydrogen-bond acceptors (Lipinski definition) is 5. The number of alkyl halides is 3. The maximum absolute atomic E-state index is 12.6. The van der Waals surface area contributed by atoms with E-state index >= 15 is 0 Å². The topological polar surface area (TPSA) is 67.8 Å². The first-order valence-electron chi connectivity index (χ1n) is 8.62. The van der Waals surface area contributed by atoms with Gasteiger partial charge >= 0.3 is 6.18 Å². The van der Waals surface area contributed by atoms with Crippen LogP contribution in [0.15, 0.2) is 28.6 Å². The number of aliphatic imine (C=N–C) groups is 1. The Kier molecular flexibility index (Phi) is 7.91. The predicted molar refractivity (Wildman–Crippen MR) is 103 cm³/mol. The molecule has 1 aromatic heterocycles. The van der Waals surface area contributed by atoms with Crippen molar-refractivity contribution < 1.29 is 22.6 Å². The number of methoxy groups -OCH3 is 2. The van der Waals surface area contributed by atoms with Crippen LogP contribution >= 0.6 is 11.3 Å². The number of halogens is 3. The van der Waals surface area contributed by atoms with Crippen LogP contribution in [0.1, 0.15) is 23.2 Å². The lowest BCUT2D eigenvalue weighted by atomic mass is 10.2. The molecule has 10 heteroatoms. The lowest BCUT2D eigenvalue weighted by molar-refractivity contribution is -0.140. The van der Waals surface area contributed by atoms with Crippen molar-refractivity contribution >= 4 is 17.3 Å². The lowest BCUT2D eigenvalue weighted by Gasteiger charge is -2.13. The Morgan fingerprint density at radius 1 is 1.21 bits per heavy atom. The van der Waals surface area contributed by atoms with Gasteiger partial charge in [0.2, 0.25) is 0 Å². The minimum atomic E-state index is -4.41. The number of nitrogens with zero attached hydrogens (tertiary/aromatic N) is 2. The fraction of sp³-hybridized carbons (Fsp3) is 0.444. The second kappa shape index (κ2) is 10.2. The number of nitrogens with one attached hydrogen (secondary N) is 2. The molecule has 0 aliphatic heterocycles. The van der Waals surface area contributed by atoms with Crippen LogP contribution in [0.3, 0.4) is 0 Å². The van der Waals surface area contributed by atoms with E-state index in [1.54, 1.807) is 20.3 Å². The summed E-state index contributed by atoms with van der Waals surface area (Å²) in [6, 6.07) is 5.55. The molecule has 2 aromatic rings. The average Bonchev–Trinajstić information content (AvgIpc) is 3.15. The molecule has 1 aromatic carbocycles. The number of thiazole rings is 1. The van der Waals surface area contributed by atoms with E-state index in [0.29, 0.717) is 48.5 Å². The molecule has 154 valence electrons. The SMILES string of the molecule is CCNC(=NCc1cccc(OC)c1OC)NCCc1nc(C(F)(F)F)cs1. The first kappa shape index (κ1) is 21.8. The standard InChI is InChI=1S/C18H23F3N4O2S/c1-4-22-17(23-9-8-15-25-14(11-28-15)18(19,20)21)24-10-12-6-5-7-13(26-2)16(12)27-3/h5-7,11H,4,8-10H2,1-3H3,(H2,22,23,24). The highest BCUT2D eigenvalue weighted by Crippen LogP contribution is 2.31. The van der Waals surface area contributed by atoms with E-state index in [2.05, 4.69) is 20.6 Å². The van der Waals surface area contributed by atoms with Gasteiger partial charge in [0, 0.05) is 30.5 Å². The largest absolute Gasteiger partial charge is 0.493 e. The maximum Gasteiger partial charge on any atom is 0.434 e. The summed E-state index contributed by atoms with van der Waals surface area (Å²) in [6.45, 7) is 3.34. The van der Waals surface area contributed by atoms with Crippen molar-refractivity contribution in [2.75, 3.05) is 27.3 Å². The van der Waals surface area contributed by atoms with Crippen molar-refractivity contribution in [3.63, 3.8) is 0 Å². The Balaban J connectivity index is 1.98. The molecule has 0 atom stereocenters. The molecule has 0 radical (unpaired) electrons. The molecule has 0 aliphatic carbocycles. The summed E-state index contributed by atoms with van der Waals surface area (Å²) in [4.78, 5) is 8.13. The molecule has 1 heterocycles. The highest BCUT2D eigenvalue weighted by atomic mass is 32.1. The van der Waals surface area contributed by atoms with E-state index in [0.717, 1.165) is 22.3 Å². The van der Waals surface area contributed by atoms with Gasteiger partial charge in [0.25, 0.3) is 0 Å². The van der Waals surface area contributed by atoms with Crippen LogP contribution in [0.25, 0.3) is 0 Å². The number of hydrogen-bond donors (Lipinski definition) is 2. The molecular formula is C18H23F3N4O2S. The summed E-state index contributed by atoms with van der Waals surface area (Å²) in [5, 5.41) is 7.66. The summed E-state index contributed by atoms with van der Waals surface area (Å²) < 4.78 is 48.5. The van der Waals surface area contributed by atoms with Crippen LogP contribution in [-0.4, -0.2) is 38.3 Å². The monoisotopic (exact) mass is 416 g/mol. The highest BCUT2D eigenvalue weighted by molar-refractivity contribution is 7.09. The summed E-state index contributed by atoms with van der Waals surface area (Å²) in [6.07, 6.45) is -4.04. The van der Waals surface area contributed by atoms with Crippen molar-refractivity contribution in [2.24, 2.45) is 4.99 Å². The molecule has 0 fully saturated rings. The van der Waals surface area contributed by atoms with E-state index in [1.165, 1.54) is 0 Å². The number of ether oxygens (including phenoxy) is 2. The minimum Gasteiger partial charge on any atom is -0.493 e. The van der Waals surface area contributed by atoms with Gasteiger partial charge in [-0.15, -0.1) is 11.3 Å². The number of guanidine groups is 1. The van der Waals surface area contributed by atoms with E-state index in [1.807, 2.05) is 19.1 Å². The van der Waals surface area contributed by atoms with Crippen LogP contribution in [0.2, 0.25) is 0 Å². The quantitative estimate of drug-likeness (QED) is 0.510. The van der Waals surface area contributed by atoms with Gasteiger partial charge in [-0.2, -0.15) is 13.2 Å². The molecular weight excluding hydrogens is 393 g/mol. The zero-order valence-corrected chi connectivity index (χ0v) is 16.7. The Morgan fingerprint density at radius 2 is 2.00 bits per heavy atom. The predicted octanol–water partition coefficient (Wildman–Crippen LogP) is 3.48. The van der Waals surface area contributed by atoms with E-state index < -0.39 is 11.9 Å². The summed E-state index contributed by atoms with van der Waals surface area (Å²) in [5.41, 5.74) is 0.00647. The summed E-state index contributed by atoms with van der Waals surface area (Å²) in [5.74, 6) is 1.80. The van der Waals surface area contributed by atoms with Gasteiger partial charge in [-0.05, 0) is 13.0 Å². The Bertz CT molecular complexity index is 793. The molecule has 0 unspecified atom stereocenters. The number of rotatable bonds is 8. The maximum atomic E-state index is 12.6. The van der Waals surface area contributed by atoms with E-state index in [9.17, 15) is 13.2 Å². The second-order valence-electron chi connectivity index (χ2n) is 5.65. The number of para-hydroxylation sites is 1. The van der Waals surface area contributed by atoms with Gasteiger partial charge in [0.1, 0.15) is 0 Å². The molecule has 6 nitrogen and oxygen atoms in total. The first-order chi connectivity index (χ1) is 13.4. The van der Waals surface area contributed by atoms with Gasteiger partial charge in [-0.3, -0.25) is 0 Å². The van der Waals surface area contributed by atoms with Crippen molar-refractivity contribution in [3.05, 3.63) is 39.8 Å². The van der Waals surface area contributed by atoms with E-state index in [-0.39, 0.29) is 0 Å². The Labute approximate surface area is 165 Å². The van der Waals surface area contributed by atoms with Crippen LogP contribution in [-0.2, 0) is 19.1 Å². The van der Waals surface area contributed by atoms with Crippen molar-refractivity contribution in [3.8, 4) is 11.5 Å². The Morgan fingerprint density at radius 3 is 2.61 bits per heavy atom. The summed E-state index contributed by atoms with van der Waals surface area (Å²) >= 11 is 0.999. The van der Waals surface area contributed by atoms with Crippen LogP contribution in [0.4, 0.5) is 13.2 Å². The molecule has 2 rings (SSSR count). The smallest absolute Gasteiger partial charge is 0.434 e. The molecule has 0 amide bonds. The van der Waals surface area contributed by atoms with Gasteiger partial charge in [-0.1, -0.05) is 12.1 Å².